The van der Waals surface area contributed by atoms with Gasteiger partial charge in [-0.15, -0.1) is 0 Å². The Labute approximate surface area is 162 Å². The number of nitrogens with one attached hydrogen (secondary N) is 2. The molecule has 2 aromatic carbocycles. The first-order chi connectivity index (χ1) is 12.7. The van der Waals surface area contributed by atoms with E-state index in [1.54, 1.807) is 13.3 Å². The zero-order valence-electron chi connectivity index (χ0n) is 14.2. The number of nitrogens with zero attached hydrogens (tertiary/aromatic N) is 1. The molecule has 1 heterocycles. The summed E-state index contributed by atoms with van der Waals surface area (Å²) in [5.74, 6) is 1.32. The third-order valence-electron chi connectivity index (χ3n) is 3.75. The topological polar surface area (TPSA) is 59.3 Å². The van der Waals surface area contributed by atoms with Gasteiger partial charge in [0.05, 0.1) is 18.9 Å². The van der Waals surface area contributed by atoms with E-state index in [0.29, 0.717) is 23.2 Å². The largest absolute Gasteiger partial charge is 0.496 e. The van der Waals surface area contributed by atoms with Crippen LogP contribution >= 0.6 is 23.8 Å². The van der Waals surface area contributed by atoms with Crippen LogP contribution < -0.4 is 15.4 Å². The van der Waals surface area contributed by atoms with Crippen molar-refractivity contribution in [2.45, 2.75) is 6.42 Å². The summed E-state index contributed by atoms with van der Waals surface area (Å²) in [6.45, 7) is 0.708. The monoisotopic (exact) mass is 387 g/mol. The summed E-state index contributed by atoms with van der Waals surface area (Å²) in [5.41, 5.74) is 2.81. The Balaban J connectivity index is 1.57. The highest BCUT2D eigenvalue weighted by atomic mass is 35.5. The molecule has 0 aliphatic heterocycles. The summed E-state index contributed by atoms with van der Waals surface area (Å²) in [6, 6.07) is 13.5. The maximum absolute atomic E-state index is 5.99. The van der Waals surface area contributed by atoms with Gasteiger partial charge in [0.15, 0.2) is 17.3 Å². The fourth-order valence-corrected chi connectivity index (χ4v) is 2.94. The van der Waals surface area contributed by atoms with Crippen molar-refractivity contribution in [3.05, 3.63) is 65.6 Å². The Bertz CT molecular complexity index is 884. The second-order valence-electron chi connectivity index (χ2n) is 5.54. The Kier molecular flexibility index (Phi) is 6.09. The van der Waals surface area contributed by atoms with Crippen molar-refractivity contribution in [2.24, 2.45) is 0 Å². The van der Waals surface area contributed by atoms with Crippen LogP contribution in [-0.4, -0.2) is 23.8 Å². The van der Waals surface area contributed by atoms with E-state index in [1.807, 2.05) is 42.5 Å². The SMILES string of the molecule is COc1cc(NC(=S)NCCc2cccc(Cl)c2)ccc1-c1cnco1. The van der Waals surface area contributed by atoms with E-state index in [0.717, 1.165) is 28.3 Å². The molecule has 0 aliphatic rings. The zero-order chi connectivity index (χ0) is 18.4. The van der Waals surface area contributed by atoms with Crippen LogP contribution in [-0.2, 0) is 6.42 Å². The summed E-state index contributed by atoms with van der Waals surface area (Å²) in [5, 5.41) is 7.62. The molecule has 0 atom stereocenters. The van der Waals surface area contributed by atoms with E-state index >= 15 is 0 Å². The number of anilines is 1. The number of thiocarbonyl (C=S) groups is 1. The molecule has 134 valence electrons. The number of ether oxygens (including phenoxy) is 1. The van der Waals surface area contributed by atoms with Gasteiger partial charge in [-0.05, 0) is 48.5 Å². The highest BCUT2D eigenvalue weighted by Gasteiger charge is 2.10. The fourth-order valence-electron chi connectivity index (χ4n) is 2.51. The number of halogens is 1. The minimum atomic E-state index is 0.543. The molecule has 2 N–H and O–H groups in total. The van der Waals surface area contributed by atoms with Gasteiger partial charge < -0.3 is 19.8 Å². The van der Waals surface area contributed by atoms with E-state index < -0.39 is 0 Å². The number of oxazole rings is 1. The van der Waals surface area contributed by atoms with Gasteiger partial charge in [0.2, 0.25) is 0 Å². The predicted octanol–water partition coefficient (Wildman–Crippen LogP) is 4.53. The first kappa shape index (κ1) is 18.2. The van der Waals surface area contributed by atoms with Gasteiger partial charge in [0, 0.05) is 23.3 Å². The summed E-state index contributed by atoms with van der Waals surface area (Å²) in [4.78, 5) is 3.93. The maximum Gasteiger partial charge on any atom is 0.181 e. The van der Waals surface area contributed by atoms with Gasteiger partial charge in [-0.1, -0.05) is 23.7 Å². The third-order valence-corrected chi connectivity index (χ3v) is 4.23. The lowest BCUT2D eigenvalue weighted by atomic mass is 10.1. The lowest BCUT2D eigenvalue weighted by Gasteiger charge is -2.13. The van der Waals surface area contributed by atoms with Crippen molar-refractivity contribution in [1.82, 2.24) is 10.3 Å². The highest BCUT2D eigenvalue weighted by Crippen LogP contribution is 2.32. The molecule has 0 saturated carbocycles. The van der Waals surface area contributed by atoms with Crippen LogP contribution in [0.25, 0.3) is 11.3 Å². The van der Waals surface area contributed by atoms with Crippen LogP contribution in [0.1, 0.15) is 5.56 Å². The maximum atomic E-state index is 5.99. The van der Waals surface area contributed by atoms with Crippen molar-refractivity contribution < 1.29 is 9.15 Å². The summed E-state index contributed by atoms with van der Waals surface area (Å²) in [7, 11) is 1.61. The number of hydrogen-bond acceptors (Lipinski definition) is 4. The molecular formula is C19H18ClN3O2S. The molecule has 5 nitrogen and oxygen atoms in total. The molecule has 7 heteroatoms. The van der Waals surface area contributed by atoms with Crippen molar-refractivity contribution >= 4 is 34.6 Å². The van der Waals surface area contributed by atoms with E-state index in [9.17, 15) is 0 Å². The molecule has 0 bridgehead atoms. The summed E-state index contributed by atoms with van der Waals surface area (Å²) < 4.78 is 10.8. The minimum Gasteiger partial charge on any atom is -0.496 e. The molecule has 0 saturated heterocycles. The van der Waals surface area contributed by atoms with E-state index in [2.05, 4.69) is 15.6 Å². The molecule has 0 spiro atoms. The van der Waals surface area contributed by atoms with Crippen LogP contribution in [0, 0.1) is 0 Å². The van der Waals surface area contributed by atoms with Crippen LogP contribution in [0.5, 0.6) is 5.75 Å². The van der Waals surface area contributed by atoms with E-state index in [4.69, 9.17) is 33.0 Å². The van der Waals surface area contributed by atoms with Crippen molar-refractivity contribution in [3.63, 3.8) is 0 Å². The lowest BCUT2D eigenvalue weighted by Crippen LogP contribution is -2.30. The van der Waals surface area contributed by atoms with Gasteiger partial charge in [-0.25, -0.2) is 4.98 Å². The molecular weight excluding hydrogens is 370 g/mol. The van der Waals surface area contributed by atoms with Crippen LogP contribution in [0.2, 0.25) is 5.02 Å². The molecule has 0 radical (unpaired) electrons. The van der Waals surface area contributed by atoms with Crippen LogP contribution in [0.15, 0.2) is 59.5 Å². The highest BCUT2D eigenvalue weighted by molar-refractivity contribution is 7.80. The lowest BCUT2D eigenvalue weighted by molar-refractivity contribution is 0.415. The summed E-state index contributed by atoms with van der Waals surface area (Å²) in [6.07, 6.45) is 3.86. The molecule has 0 unspecified atom stereocenters. The average molecular weight is 388 g/mol. The third kappa shape index (κ3) is 4.74. The standard InChI is InChI=1S/C19H18ClN3O2S/c1-24-17-10-15(5-6-16(17)18-11-21-12-25-18)23-19(26)22-8-7-13-3-2-4-14(20)9-13/h2-6,9-12H,7-8H2,1H3,(H2,22,23,26). The van der Waals surface area contributed by atoms with Crippen LogP contribution in [0.3, 0.4) is 0 Å². The second kappa shape index (κ2) is 8.69. The van der Waals surface area contributed by atoms with Gasteiger partial charge in [0.1, 0.15) is 5.75 Å². The zero-order valence-corrected chi connectivity index (χ0v) is 15.7. The molecule has 1 aromatic heterocycles. The average Bonchev–Trinajstić information content (AvgIpc) is 3.16. The number of hydrogen-bond donors (Lipinski definition) is 2. The summed E-state index contributed by atoms with van der Waals surface area (Å²) >= 11 is 11.3. The first-order valence-electron chi connectivity index (χ1n) is 8.02. The molecule has 0 amide bonds. The minimum absolute atomic E-state index is 0.543. The second-order valence-corrected chi connectivity index (χ2v) is 6.39. The van der Waals surface area contributed by atoms with Gasteiger partial charge in [0.25, 0.3) is 0 Å². The van der Waals surface area contributed by atoms with Gasteiger partial charge >= 0.3 is 0 Å². The van der Waals surface area contributed by atoms with Crippen molar-refractivity contribution in [1.29, 1.82) is 0 Å². The van der Waals surface area contributed by atoms with Gasteiger partial charge in [-0.3, -0.25) is 0 Å². The molecule has 3 rings (SSSR count). The number of benzene rings is 2. The molecule has 26 heavy (non-hydrogen) atoms. The normalized spacial score (nSPS) is 10.4. The molecule has 0 aliphatic carbocycles. The Morgan fingerprint density at radius 3 is 2.88 bits per heavy atom. The molecule has 3 aromatic rings. The predicted molar refractivity (Wildman–Crippen MR) is 108 cm³/mol. The number of rotatable bonds is 6. The Hall–Kier alpha value is -2.57. The fraction of sp³-hybridized carbons (Fsp3) is 0.158. The smallest absolute Gasteiger partial charge is 0.181 e. The first-order valence-corrected chi connectivity index (χ1v) is 8.80. The van der Waals surface area contributed by atoms with Crippen molar-refractivity contribution in [3.8, 4) is 17.1 Å². The van der Waals surface area contributed by atoms with Crippen LogP contribution in [0.4, 0.5) is 5.69 Å². The number of methoxy groups -OCH3 is 1. The van der Waals surface area contributed by atoms with Crippen molar-refractivity contribution in [2.75, 3.05) is 19.0 Å². The quantitative estimate of drug-likeness (QED) is 0.606. The van der Waals surface area contributed by atoms with E-state index in [1.165, 1.54) is 6.39 Å². The Morgan fingerprint density at radius 2 is 2.15 bits per heavy atom. The van der Waals surface area contributed by atoms with Gasteiger partial charge in [-0.2, -0.15) is 0 Å². The Morgan fingerprint density at radius 1 is 1.27 bits per heavy atom. The molecule has 0 fully saturated rings. The van der Waals surface area contributed by atoms with E-state index in [-0.39, 0.29) is 0 Å². The number of aromatic nitrogens is 1.